The van der Waals surface area contributed by atoms with E-state index in [9.17, 15) is 19.7 Å². The van der Waals surface area contributed by atoms with Gasteiger partial charge in [0.05, 0.1) is 39.7 Å². The number of nitrogens with one attached hydrogen (secondary N) is 1. The highest BCUT2D eigenvalue weighted by atomic mass is 16.6. The summed E-state index contributed by atoms with van der Waals surface area (Å²) < 4.78 is 5.22. The number of nitrogens with zero attached hydrogens (tertiary/aromatic N) is 4. The SMILES string of the molecule is CCOC(=O)c1ccc(N2CCN(Cc3ccccc3)CC2)c(NC(=O)c2cc([N+](=O)[O-])ccc2N2CCC(C)CC2)c1. The molecule has 10 nitrogen and oxygen atoms in total. The summed E-state index contributed by atoms with van der Waals surface area (Å²) in [6.45, 7) is 9.75. The standard InChI is InChI=1S/C33H39N5O5/c1-3-43-33(40)26-9-11-31(37-19-17-35(18-20-37)23-25-7-5-4-6-8-25)29(21-26)34-32(39)28-22-27(38(41)42)10-12-30(28)36-15-13-24(2)14-16-36/h4-12,21-22,24H,3,13-20,23H2,1-2H3,(H,34,39). The number of esters is 1. The number of amides is 1. The molecule has 0 radical (unpaired) electrons. The van der Waals surface area contributed by atoms with E-state index in [2.05, 4.69) is 39.1 Å². The van der Waals surface area contributed by atoms with Crippen LogP contribution in [-0.4, -0.2) is 67.6 Å². The van der Waals surface area contributed by atoms with Crippen molar-refractivity contribution in [2.45, 2.75) is 33.2 Å². The minimum absolute atomic E-state index is 0.144. The van der Waals surface area contributed by atoms with Crippen LogP contribution in [0.3, 0.4) is 0 Å². The van der Waals surface area contributed by atoms with Gasteiger partial charge in [-0.2, -0.15) is 0 Å². The predicted molar refractivity (Wildman–Crippen MR) is 168 cm³/mol. The highest BCUT2D eigenvalue weighted by Crippen LogP contribution is 2.33. The lowest BCUT2D eigenvalue weighted by molar-refractivity contribution is -0.384. The van der Waals surface area contributed by atoms with Crippen LogP contribution in [0.4, 0.5) is 22.7 Å². The Labute approximate surface area is 252 Å². The topological polar surface area (TPSA) is 108 Å². The summed E-state index contributed by atoms with van der Waals surface area (Å²) in [6.07, 6.45) is 1.97. The fourth-order valence-electron chi connectivity index (χ4n) is 5.78. The zero-order chi connectivity index (χ0) is 30.3. The Morgan fingerprint density at radius 1 is 0.907 bits per heavy atom. The summed E-state index contributed by atoms with van der Waals surface area (Å²) in [7, 11) is 0. The van der Waals surface area contributed by atoms with Crippen LogP contribution in [-0.2, 0) is 11.3 Å². The van der Waals surface area contributed by atoms with Gasteiger partial charge in [0.2, 0.25) is 0 Å². The van der Waals surface area contributed by atoms with E-state index in [1.165, 1.54) is 17.7 Å². The molecule has 5 rings (SSSR count). The van der Waals surface area contributed by atoms with Gasteiger partial charge in [0, 0.05) is 57.9 Å². The summed E-state index contributed by atoms with van der Waals surface area (Å²) >= 11 is 0. The molecule has 2 saturated heterocycles. The lowest BCUT2D eigenvalue weighted by atomic mass is 9.97. The van der Waals surface area contributed by atoms with Gasteiger partial charge in [-0.15, -0.1) is 0 Å². The Bertz CT molecular complexity index is 1450. The lowest BCUT2D eigenvalue weighted by Gasteiger charge is -2.37. The molecule has 1 amide bonds. The fraction of sp³-hybridized carbons (Fsp3) is 0.394. The monoisotopic (exact) mass is 585 g/mol. The van der Waals surface area contributed by atoms with Crippen molar-refractivity contribution in [3.05, 3.63) is 93.5 Å². The molecule has 2 fully saturated rings. The van der Waals surface area contributed by atoms with E-state index in [-0.39, 0.29) is 17.9 Å². The van der Waals surface area contributed by atoms with E-state index < -0.39 is 16.8 Å². The van der Waals surface area contributed by atoms with Crippen LogP contribution in [0.25, 0.3) is 0 Å². The van der Waals surface area contributed by atoms with Crippen molar-refractivity contribution in [2.75, 3.05) is 61.0 Å². The first kappa shape index (κ1) is 30.0. The van der Waals surface area contributed by atoms with Gasteiger partial charge < -0.3 is 19.9 Å². The van der Waals surface area contributed by atoms with Crippen molar-refractivity contribution in [1.29, 1.82) is 0 Å². The quantitative estimate of drug-likeness (QED) is 0.197. The molecule has 3 aromatic carbocycles. The molecule has 0 spiro atoms. The number of hydrogen-bond donors (Lipinski definition) is 1. The van der Waals surface area contributed by atoms with E-state index >= 15 is 0 Å². The Morgan fingerprint density at radius 3 is 2.26 bits per heavy atom. The fourth-order valence-corrected chi connectivity index (χ4v) is 5.78. The third kappa shape index (κ3) is 7.32. The second-order valence-electron chi connectivity index (χ2n) is 11.3. The van der Waals surface area contributed by atoms with E-state index in [1.807, 2.05) is 24.3 Å². The van der Waals surface area contributed by atoms with Crippen LogP contribution in [0, 0.1) is 16.0 Å². The average Bonchev–Trinajstić information content (AvgIpc) is 3.02. The van der Waals surface area contributed by atoms with Crippen molar-refractivity contribution >= 4 is 34.6 Å². The van der Waals surface area contributed by atoms with Crippen LogP contribution < -0.4 is 15.1 Å². The summed E-state index contributed by atoms with van der Waals surface area (Å²) in [4.78, 5) is 44.4. The van der Waals surface area contributed by atoms with Gasteiger partial charge in [-0.3, -0.25) is 19.8 Å². The van der Waals surface area contributed by atoms with Crippen LogP contribution in [0.5, 0.6) is 0 Å². The first-order valence-electron chi connectivity index (χ1n) is 15.0. The molecule has 43 heavy (non-hydrogen) atoms. The van der Waals surface area contributed by atoms with E-state index in [0.717, 1.165) is 64.3 Å². The number of piperazine rings is 1. The second-order valence-corrected chi connectivity index (χ2v) is 11.3. The molecule has 0 bridgehead atoms. The average molecular weight is 586 g/mol. The number of piperidine rings is 1. The molecule has 10 heteroatoms. The minimum Gasteiger partial charge on any atom is -0.462 e. The molecule has 2 aliphatic heterocycles. The molecule has 2 heterocycles. The van der Waals surface area contributed by atoms with Crippen LogP contribution in [0.2, 0.25) is 0 Å². The van der Waals surface area contributed by atoms with Crippen molar-refractivity contribution < 1.29 is 19.2 Å². The van der Waals surface area contributed by atoms with E-state index in [0.29, 0.717) is 22.9 Å². The molecular formula is C33H39N5O5. The van der Waals surface area contributed by atoms with Gasteiger partial charge in [0.15, 0.2) is 0 Å². The summed E-state index contributed by atoms with van der Waals surface area (Å²) in [5, 5.41) is 14.7. The van der Waals surface area contributed by atoms with Crippen molar-refractivity contribution in [2.24, 2.45) is 5.92 Å². The number of rotatable bonds is 9. The van der Waals surface area contributed by atoms with Crippen LogP contribution >= 0.6 is 0 Å². The van der Waals surface area contributed by atoms with Gasteiger partial charge >= 0.3 is 5.97 Å². The third-order valence-electron chi connectivity index (χ3n) is 8.28. The number of carbonyl (C=O) groups excluding carboxylic acids is 2. The number of nitro groups is 1. The van der Waals surface area contributed by atoms with Gasteiger partial charge in [-0.25, -0.2) is 4.79 Å². The number of non-ortho nitro benzene ring substituents is 1. The van der Waals surface area contributed by atoms with Crippen molar-refractivity contribution in [1.82, 2.24) is 4.90 Å². The molecule has 1 N–H and O–H groups in total. The Hall–Kier alpha value is -4.44. The number of nitro benzene ring substituents is 1. The first-order valence-corrected chi connectivity index (χ1v) is 15.0. The van der Waals surface area contributed by atoms with Gasteiger partial charge in [-0.05, 0) is 55.5 Å². The van der Waals surface area contributed by atoms with Gasteiger partial charge in [-0.1, -0.05) is 37.3 Å². The molecule has 0 aromatic heterocycles. The maximum atomic E-state index is 13.9. The van der Waals surface area contributed by atoms with Crippen LogP contribution in [0.1, 0.15) is 53.0 Å². The summed E-state index contributed by atoms with van der Waals surface area (Å²) in [5.74, 6) is -0.342. The molecule has 3 aromatic rings. The Morgan fingerprint density at radius 2 is 1.58 bits per heavy atom. The zero-order valence-corrected chi connectivity index (χ0v) is 24.8. The largest absolute Gasteiger partial charge is 0.462 e. The maximum Gasteiger partial charge on any atom is 0.338 e. The highest BCUT2D eigenvalue weighted by Gasteiger charge is 2.26. The van der Waals surface area contributed by atoms with Gasteiger partial charge in [0.1, 0.15) is 0 Å². The number of ether oxygens (including phenoxy) is 1. The first-order chi connectivity index (χ1) is 20.8. The van der Waals surface area contributed by atoms with Crippen molar-refractivity contribution in [3.63, 3.8) is 0 Å². The summed E-state index contributed by atoms with van der Waals surface area (Å²) in [6, 6.07) is 20.0. The number of carbonyl (C=O) groups is 2. The molecule has 0 atom stereocenters. The normalized spacial score (nSPS) is 16.1. The zero-order valence-electron chi connectivity index (χ0n) is 24.8. The molecule has 2 aliphatic rings. The molecule has 0 aliphatic carbocycles. The molecular weight excluding hydrogens is 546 g/mol. The van der Waals surface area contributed by atoms with E-state index in [4.69, 9.17) is 4.74 Å². The molecule has 0 saturated carbocycles. The minimum atomic E-state index is -0.486. The van der Waals surface area contributed by atoms with Crippen molar-refractivity contribution in [3.8, 4) is 0 Å². The number of hydrogen-bond acceptors (Lipinski definition) is 8. The second kappa shape index (κ2) is 13.7. The smallest absolute Gasteiger partial charge is 0.338 e. The molecule has 0 unspecified atom stereocenters. The Kier molecular flexibility index (Phi) is 9.56. The number of benzene rings is 3. The third-order valence-corrected chi connectivity index (χ3v) is 8.28. The summed E-state index contributed by atoms with van der Waals surface area (Å²) in [5.41, 5.74) is 3.62. The van der Waals surface area contributed by atoms with E-state index in [1.54, 1.807) is 25.1 Å². The van der Waals surface area contributed by atoms with Crippen LogP contribution in [0.15, 0.2) is 66.7 Å². The Balaban J connectivity index is 1.41. The molecule has 226 valence electrons. The number of anilines is 3. The maximum absolute atomic E-state index is 13.9. The highest BCUT2D eigenvalue weighted by molar-refractivity contribution is 6.10. The predicted octanol–water partition coefficient (Wildman–Crippen LogP) is 5.58. The lowest BCUT2D eigenvalue weighted by Crippen LogP contribution is -2.46. The van der Waals surface area contributed by atoms with Gasteiger partial charge in [0.25, 0.3) is 11.6 Å².